The number of amides is 1. The third-order valence-electron chi connectivity index (χ3n) is 5.40. The highest BCUT2D eigenvalue weighted by atomic mass is 35.5. The quantitative estimate of drug-likeness (QED) is 0.182. The molecule has 0 aliphatic rings. The van der Waals surface area contributed by atoms with Gasteiger partial charge in [0.2, 0.25) is 5.91 Å². The molecule has 186 valence electrons. The molecule has 2 aromatic carbocycles. The van der Waals surface area contributed by atoms with E-state index >= 15 is 4.39 Å². The Morgan fingerprint density at radius 1 is 1.11 bits per heavy atom. The van der Waals surface area contributed by atoms with Gasteiger partial charge in [0.1, 0.15) is 17.7 Å². The van der Waals surface area contributed by atoms with Crippen LogP contribution < -0.4 is 32.7 Å². The first-order valence-corrected chi connectivity index (χ1v) is 11.5. The van der Waals surface area contributed by atoms with Gasteiger partial charge in [-0.15, -0.1) is 0 Å². The normalized spacial score (nSPS) is 11.9. The highest BCUT2D eigenvalue weighted by Crippen LogP contribution is 2.37. The number of nitrogen functional groups attached to an aromatic ring is 1. The van der Waals surface area contributed by atoms with Crippen LogP contribution in [0.2, 0.25) is 5.15 Å². The number of halogens is 2. The van der Waals surface area contributed by atoms with Crippen LogP contribution in [0.4, 0.5) is 33.0 Å². The standard InChI is InChI=1S/C24H30ClFN8O/c1-13(2)19(27)24(35)33-15-6-4-14(5-7-15)16-8-9-17(30-11-10-29-3)21(18(16)26)34-23-20(28)22(25)31-12-32-23/h4-9,12-13,19,29-30H,10-11,27-28H2,1-3H3,(H,33,35)(H,31,32,34). The predicted molar refractivity (Wildman–Crippen MR) is 140 cm³/mol. The molecule has 3 aromatic rings. The van der Waals surface area contributed by atoms with E-state index in [2.05, 4.69) is 31.2 Å². The topological polar surface area (TPSA) is 143 Å². The molecule has 0 fully saturated rings. The van der Waals surface area contributed by atoms with Crippen molar-refractivity contribution in [3.8, 4) is 11.1 Å². The maximum Gasteiger partial charge on any atom is 0.241 e. The summed E-state index contributed by atoms with van der Waals surface area (Å²) in [6.45, 7) is 5.00. The van der Waals surface area contributed by atoms with Crippen LogP contribution in [0.5, 0.6) is 0 Å². The summed E-state index contributed by atoms with van der Waals surface area (Å²) in [7, 11) is 1.83. The number of benzene rings is 2. The first kappa shape index (κ1) is 26.1. The SMILES string of the molecule is CNCCNc1ccc(-c2ccc(NC(=O)C(N)C(C)C)cc2)c(F)c1Nc1ncnc(Cl)c1N. The van der Waals surface area contributed by atoms with E-state index in [1.807, 2.05) is 20.9 Å². The monoisotopic (exact) mass is 500 g/mol. The number of nitrogens with two attached hydrogens (primary N) is 2. The van der Waals surface area contributed by atoms with Crippen molar-refractivity contribution in [2.45, 2.75) is 19.9 Å². The Morgan fingerprint density at radius 2 is 1.83 bits per heavy atom. The van der Waals surface area contributed by atoms with Crippen LogP contribution in [0.15, 0.2) is 42.7 Å². The number of nitrogens with zero attached hydrogens (tertiary/aromatic N) is 2. The summed E-state index contributed by atoms with van der Waals surface area (Å²) < 4.78 is 15.8. The summed E-state index contributed by atoms with van der Waals surface area (Å²) in [5.74, 6) is -0.582. The summed E-state index contributed by atoms with van der Waals surface area (Å²) in [6, 6.07) is 9.69. The molecular weight excluding hydrogens is 471 g/mol. The zero-order chi connectivity index (χ0) is 25.5. The van der Waals surface area contributed by atoms with Crippen molar-refractivity contribution >= 4 is 46.1 Å². The molecule has 1 atom stereocenters. The van der Waals surface area contributed by atoms with E-state index in [-0.39, 0.29) is 34.2 Å². The number of likely N-dealkylation sites (N-methyl/N-ethyl adjacent to an activating group) is 1. The molecule has 1 amide bonds. The molecule has 9 nitrogen and oxygen atoms in total. The maximum absolute atomic E-state index is 15.8. The van der Waals surface area contributed by atoms with Crippen molar-refractivity contribution in [3.05, 3.63) is 53.7 Å². The van der Waals surface area contributed by atoms with Gasteiger partial charge < -0.3 is 32.7 Å². The summed E-state index contributed by atoms with van der Waals surface area (Å²) in [5.41, 5.74) is 14.2. The number of carbonyl (C=O) groups is 1. The average molecular weight is 501 g/mol. The minimum atomic E-state index is -0.619. The molecule has 1 heterocycles. The summed E-state index contributed by atoms with van der Waals surface area (Å²) >= 11 is 6.01. The van der Waals surface area contributed by atoms with Crippen molar-refractivity contribution in [2.75, 3.05) is 41.8 Å². The van der Waals surface area contributed by atoms with Gasteiger partial charge in [-0.1, -0.05) is 37.6 Å². The molecule has 0 radical (unpaired) electrons. The molecule has 0 saturated heterocycles. The van der Waals surface area contributed by atoms with Crippen LogP contribution in [0.1, 0.15) is 13.8 Å². The highest BCUT2D eigenvalue weighted by molar-refractivity contribution is 6.32. The number of hydrogen-bond acceptors (Lipinski definition) is 8. The predicted octanol–water partition coefficient (Wildman–Crippen LogP) is 3.82. The number of rotatable bonds is 10. The van der Waals surface area contributed by atoms with Crippen LogP contribution in [0.3, 0.4) is 0 Å². The molecule has 35 heavy (non-hydrogen) atoms. The Labute approximate surface area is 208 Å². The number of hydrogen-bond donors (Lipinski definition) is 6. The lowest BCUT2D eigenvalue weighted by Gasteiger charge is -2.18. The molecule has 11 heteroatoms. The first-order valence-electron chi connectivity index (χ1n) is 11.1. The molecule has 8 N–H and O–H groups in total. The highest BCUT2D eigenvalue weighted by Gasteiger charge is 2.19. The van der Waals surface area contributed by atoms with Gasteiger partial charge in [0.05, 0.1) is 11.7 Å². The molecule has 1 unspecified atom stereocenters. The Balaban J connectivity index is 1.93. The van der Waals surface area contributed by atoms with Gasteiger partial charge in [-0.3, -0.25) is 4.79 Å². The Hall–Kier alpha value is -3.47. The minimum Gasteiger partial charge on any atom is -0.393 e. The molecule has 1 aromatic heterocycles. The second-order valence-electron chi connectivity index (χ2n) is 8.27. The lowest BCUT2D eigenvalue weighted by Crippen LogP contribution is -2.39. The second-order valence-corrected chi connectivity index (χ2v) is 8.63. The third-order valence-corrected chi connectivity index (χ3v) is 5.70. The average Bonchev–Trinajstić information content (AvgIpc) is 2.84. The first-order chi connectivity index (χ1) is 16.7. The second kappa shape index (κ2) is 11.8. The fraction of sp³-hybridized carbons (Fsp3) is 0.292. The van der Waals surface area contributed by atoms with Crippen LogP contribution in [-0.2, 0) is 4.79 Å². The largest absolute Gasteiger partial charge is 0.393 e. The number of aromatic nitrogens is 2. The lowest BCUT2D eigenvalue weighted by molar-refractivity contribution is -0.118. The number of anilines is 5. The van der Waals surface area contributed by atoms with Gasteiger partial charge in [0, 0.05) is 24.3 Å². The summed E-state index contributed by atoms with van der Waals surface area (Å²) in [5, 5.41) is 12.0. The Kier molecular flexibility index (Phi) is 8.80. The molecule has 0 bridgehead atoms. The van der Waals surface area contributed by atoms with E-state index in [4.69, 9.17) is 23.1 Å². The van der Waals surface area contributed by atoms with Gasteiger partial charge in [-0.2, -0.15) is 0 Å². The fourth-order valence-electron chi connectivity index (χ4n) is 3.24. The molecule has 0 aliphatic carbocycles. The number of carbonyl (C=O) groups excluding carboxylic acids is 1. The van der Waals surface area contributed by atoms with Gasteiger partial charge in [-0.05, 0) is 42.8 Å². The van der Waals surface area contributed by atoms with E-state index < -0.39 is 11.9 Å². The molecule has 0 aliphatic heterocycles. The van der Waals surface area contributed by atoms with Gasteiger partial charge in [-0.25, -0.2) is 14.4 Å². The van der Waals surface area contributed by atoms with Crippen LogP contribution in [0.25, 0.3) is 11.1 Å². The van der Waals surface area contributed by atoms with Crippen molar-refractivity contribution in [1.29, 1.82) is 0 Å². The minimum absolute atomic E-state index is 0.00771. The van der Waals surface area contributed by atoms with Gasteiger partial charge in [0.15, 0.2) is 16.8 Å². The Bertz CT molecular complexity index is 1170. The third kappa shape index (κ3) is 6.36. The van der Waals surface area contributed by atoms with Crippen LogP contribution in [-0.4, -0.2) is 42.1 Å². The van der Waals surface area contributed by atoms with E-state index in [1.165, 1.54) is 6.33 Å². The van der Waals surface area contributed by atoms with Crippen molar-refractivity contribution in [2.24, 2.45) is 11.7 Å². The number of nitrogens with one attached hydrogen (secondary N) is 4. The van der Waals surface area contributed by atoms with E-state index in [0.29, 0.717) is 35.6 Å². The molecule has 0 spiro atoms. The smallest absolute Gasteiger partial charge is 0.241 e. The molecular formula is C24H30ClFN8O. The van der Waals surface area contributed by atoms with Gasteiger partial charge in [0.25, 0.3) is 0 Å². The van der Waals surface area contributed by atoms with Gasteiger partial charge >= 0.3 is 0 Å². The van der Waals surface area contributed by atoms with Crippen LogP contribution in [0, 0.1) is 11.7 Å². The van der Waals surface area contributed by atoms with Crippen LogP contribution >= 0.6 is 11.6 Å². The van der Waals surface area contributed by atoms with E-state index in [0.717, 1.165) is 0 Å². The molecule has 3 rings (SSSR count). The molecule has 0 saturated carbocycles. The van der Waals surface area contributed by atoms with E-state index in [9.17, 15) is 4.79 Å². The fourth-order valence-corrected chi connectivity index (χ4v) is 3.38. The summed E-state index contributed by atoms with van der Waals surface area (Å²) in [6.07, 6.45) is 1.25. The lowest BCUT2D eigenvalue weighted by atomic mass is 10.0. The van der Waals surface area contributed by atoms with Crippen molar-refractivity contribution in [1.82, 2.24) is 15.3 Å². The van der Waals surface area contributed by atoms with Crippen molar-refractivity contribution in [3.63, 3.8) is 0 Å². The zero-order valence-electron chi connectivity index (χ0n) is 19.8. The maximum atomic E-state index is 15.8. The zero-order valence-corrected chi connectivity index (χ0v) is 20.6. The summed E-state index contributed by atoms with van der Waals surface area (Å²) in [4.78, 5) is 20.2. The Morgan fingerprint density at radius 3 is 2.49 bits per heavy atom. The van der Waals surface area contributed by atoms with Crippen molar-refractivity contribution < 1.29 is 9.18 Å². The van der Waals surface area contributed by atoms with E-state index in [1.54, 1.807) is 36.4 Å².